The maximum absolute atomic E-state index is 13.8. The van der Waals surface area contributed by atoms with Gasteiger partial charge in [0, 0.05) is 6.07 Å². The number of halogens is 3. The molecule has 5 nitrogen and oxygen atoms in total. The third-order valence-electron chi connectivity index (χ3n) is 5.41. The first-order valence-electron chi connectivity index (χ1n) is 10.7. The first-order chi connectivity index (χ1) is 16.4. The predicted molar refractivity (Wildman–Crippen MR) is 124 cm³/mol. The van der Waals surface area contributed by atoms with Gasteiger partial charge in [-0.05, 0) is 63.1 Å². The molecule has 35 heavy (non-hydrogen) atoms. The molecule has 0 aliphatic heterocycles. The van der Waals surface area contributed by atoms with Crippen LogP contribution in [0, 0.1) is 27.7 Å². The van der Waals surface area contributed by atoms with Crippen molar-refractivity contribution in [2.24, 2.45) is 0 Å². The fourth-order valence-electron chi connectivity index (χ4n) is 3.88. The minimum atomic E-state index is -5.00. The number of benzene rings is 3. The average molecular weight is 482 g/mol. The van der Waals surface area contributed by atoms with Crippen LogP contribution in [-0.2, 0) is 6.18 Å². The number of carbonyl (C=O) groups excluding carboxylic acids is 1. The highest BCUT2D eigenvalue weighted by molar-refractivity contribution is 5.94. The second-order valence-corrected chi connectivity index (χ2v) is 8.32. The van der Waals surface area contributed by atoms with Gasteiger partial charge in [0.05, 0.1) is 10.9 Å². The number of fused-ring (bicyclic) bond motifs is 1. The highest BCUT2D eigenvalue weighted by Crippen LogP contribution is 2.38. The quantitative estimate of drug-likeness (QED) is 0.230. The van der Waals surface area contributed by atoms with Crippen LogP contribution in [0.4, 0.5) is 13.2 Å². The zero-order chi connectivity index (χ0) is 25.5. The molecule has 0 atom stereocenters. The van der Waals surface area contributed by atoms with Crippen LogP contribution in [0.15, 0.2) is 63.8 Å². The highest BCUT2D eigenvalue weighted by atomic mass is 19.4. The van der Waals surface area contributed by atoms with Gasteiger partial charge in [0.1, 0.15) is 17.1 Å². The Morgan fingerprint density at radius 1 is 0.829 bits per heavy atom. The van der Waals surface area contributed by atoms with Crippen LogP contribution >= 0.6 is 0 Å². The van der Waals surface area contributed by atoms with Crippen molar-refractivity contribution in [3.8, 4) is 17.2 Å². The van der Waals surface area contributed by atoms with Gasteiger partial charge in [-0.25, -0.2) is 4.79 Å². The summed E-state index contributed by atoms with van der Waals surface area (Å²) < 4.78 is 57.1. The van der Waals surface area contributed by atoms with Crippen molar-refractivity contribution < 1.29 is 31.9 Å². The summed E-state index contributed by atoms with van der Waals surface area (Å²) in [5.41, 5.74) is 2.23. The minimum Gasteiger partial charge on any atom is -0.449 e. The molecule has 0 amide bonds. The summed E-state index contributed by atoms with van der Waals surface area (Å²) in [5.74, 6) is -3.22. The van der Waals surface area contributed by atoms with Gasteiger partial charge >= 0.3 is 12.1 Å². The third kappa shape index (κ3) is 4.91. The van der Waals surface area contributed by atoms with E-state index in [2.05, 4.69) is 0 Å². The number of esters is 1. The van der Waals surface area contributed by atoms with E-state index in [1.807, 2.05) is 19.1 Å². The highest BCUT2D eigenvalue weighted by Gasteiger charge is 2.40. The molecule has 4 aromatic rings. The Hall–Kier alpha value is -4.07. The lowest BCUT2D eigenvalue weighted by atomic mass is 10.00. The maximum atomic E-state index is 13.8. The Balaban J connectivity index is 1.76. The summed E-state index contributed by atoms with van der Waals surface area (Å²) in [6.45, 7) is 7.24. The zero-order valence-corrected chi connectivity index (χ0v) is 19.4. The Labute approximate surface area is 198 Å². The fraction of sp³-hybridized carbons (Fsp3) is 0.185. The number of rotatable bonds is 4. The SMILES string of the molecule is Cc1ccc(Oc2c(C(F)(F)F)oc3cc(OC(=O)c4c(C)cc(C)cc4C)ccc3c2=O)cc1. The van der Waals surface area contributed by atoms with Crippen LogP contribution in [-0.4, -0.2) is 5.97 Å². The monoisotopic (exact) mass is 482 g/mol. The fourth-order valence-corrected chi connectivity index (χ4v) is 3.88. The first kappa shape index (κ1) is 24.1. The molecule has 0 unspecified atom stereocenters. The molecule has 0 spiro atoms. The average Bonchev–Trinajstić information content (AvgIpc) is 2.75. The van der Waals surface area contributed by atoms with E-state index in [-0.39, 0.29) is 22.5 Å². The number of alkyl halides is 3. The molecule has 4 rings (SSSR count). The van der Waals surface area contributed by atoms with E-state index in [0.717, 1.165) is 17.2 Å². The molecule has 0 bridgehead atoms. The molecule has 0 aliphatic carbocycles. The van der Waals surface area contributed by atoms with Crippen LogP contribution in [0.2, 0.25) is 0 Å². The number of hydrogen-bond donors (Lipinski definition) is 0. The Kier molecular flexibility index (Phi) is 6.15. The number of carbonyl (C=O) groups is 1. The van der Waals surface area contributed by atoms with Gasteiger partial charge in [-0.2, -0.15) is 13.2 Å². The molecular weight excluding hydrogens is 461 g/mol. The van der Waals surface area contributed by atoms with Gasteiger partial charge in [-0.15, -0.1) is 0 Å². The third-order valence-corrected chi connectivity index (χ3v) is 5.41. The number of ether oxygens (including phenoxy) is 2. The lowest BCUT2D eigenvalue weighted by Crippen LogP contribution is -2.16. The normalized spacial score (nSPS) is 11.5. The van der Waals surface area contributed by atoms with Gasteiger partial charge in [-0.3, -0.25) is 4.79 Å². The van der Waals surface area contributed by atoms with Crippen molar-refractivity contribution in [3.63, 3.8) is 0 Å². The Morgan fingerprint density at radius 3 is 2.03 bits per heavy atom. The second kappa shape index (κ2) is 8.94. The molecule has 180 valence electrons. The number of aryl methyl sites for hydroxylation is 4. The largest absolute Gasteiger partial charge is 0.453 e. The molecule has 0 aliphatic rings. The Bertz CT molecular complexity index is 1480. The summed E-state index contributed by atoms with van der Waals surface area (Å²) in [7, 11) is 0. The van der Waals surface area contributed by atoms with E-state index in [4.69, 9.17) is 13.9 Å². The molecule has 0 N–H and O–H groups in total. The molecule has 0 fully saturated rings. The molecule has 0 radical (unpaired) electrons. The maximum Gasteiger partial charge on any atom is 0.453 e. The van der Waals surface area contributed by atoms with E-state index in [9.17, 15) is 22.8 Å². The van der Waals surface area contributed by atoms with Gasteiger partial charge in [0.15, 0.2) is 0 Å². The van der Waals surface area contributed by atoms with E-state index in [1.165, 1.54) is 24.3 Å². The van der Waals surface area contributed by atoms with Crippen molar-refractivity contribution in [1.82, 2.24) is 0 Å². The van der Waals surface area contributed by atoms with Crippen molar-refractivity contribution in [1.29, 1.82) is 0 Å². The molecule has 8 heteroatoms. The van der Waals surface area contributed by atoms with Crippen LogP contribution < -0.4 is 14.9 Å². The van der Waals surface area contributed by atoms with Crippen molar-refractivity contribution in [3.05, 3.63) is 98.4 Å². The second-order valence-electron chi connectivity index (χ2n) is 8.32. The molecule has 1 aromatic heterocycles. The molecule has 0 saturated heterocycles. The van der Waals surface area contributed by atoms with Gasteiger partial charge in [-0.1, -0.05) is 35.4 Å². The van der Waals surface area contributed by atoms with E-state index < -0.39 is 29.1 Å². The Morgan fingerprint density at radius 2 is 1.43 bits per heavy atom. The van der Waals surface area contributed by atoms with Crippen LogP contribution in [0.3, 0.4) is 0 Å². The van der Waals surface area contributed by atoms with Crippen molar-refractivity contribution in [2.45, 2.75) is 33.9 Å². The standard InChI is InChI=1S/C27H21F3O5/c1-14-5-7-18(8-6-14)33-24-23(31)20-10-9-19(13-21(20)35-25(24)27(28,29)30)34-26(32)22-16(3)11-15(2)12-17(22)4/h5-13H,1-4H3. The summed E-state index contributed by atoms with van der Waals surface area (Å²) in [6, 6.07) is 13.5. The summed E-state index contributed by atoms with van der Waals surface area (Å²) in [5, 5.41) is -0.150. The first-order valence-corrected chi connectivity index (χ1v) is 10.7. The van der Waals surface area contributed by atoms with Gasteiger partial charge < -0.3 is 13.9 Å². The topological polar surface area (TPSA) is 65.7 Å². The van der Waals surface area contributed by atoms with E-state index in [1.54, 1.807) is 32.9 Å². The van der Waals surface area contributed by atoms with Crippen LogP contribution in [0.1, 0.15) is 38.4 Å². The van der Waals surface area contributed by atoms with Crippen molar-refractivity contribution in [2.75, 3.05) is 0 Å². The molecular formula is C27H21F3O5. The van der Waals surface area contributed by atoms with Crippen LogP contribution in [0.5, 0.6) is 17.2 Å². The van der Waals surface area contributed by atoms with Crippen LogP contribution in [0.25, 0.3) is 11.0 Å². The summed E-state index contributed by atoms with van der Waals surface area (Å²) >= 11 is 0. The summed E-state index contributed by atoms with van der Waals surface area (Å²) in [4.78, 5) is 25.7. The van der Waals surface area contributed by atoms with Gasteiger partial charge in [0.25, 0.3) is 5.76 Å². The minimum absolute atomic E-state index is 0.0575. The lowest BCUT2D eigenvalue weighted by molar-refractivity contribution is -0.154. The van der Waals surface area contributed by atoms with E-state index in [0.29, 0.717) is 16.7 Å². The molecule has 1 heterocycles. The predicted octanol–water partition coefficient (Wildman–Crippen LogP) is 7.06. The zero-order valence-electron chi connectivity index (χ0n) is 19.4. The molecule has 3 aromatic carbocycles. The summed E-state index contributed by atoms with van der Waals surface area (Å²) in [6.07, 6.45) is -5.00. The van der Waals surface area contributed by atoms with E-state index >= 15 is 0 Å². The number of hydrogen-bond acceptors (Lipinski definition) is 5. The van der Waals surface area contributed by atoms with Gasteiger partial charge in [0.2, 0.25) is 11.2 Å². The molecule has 0 saturated carbocycles. The lowest BCUT2D eigenvalue weighted by Gasteiger charge is -2.14. The van der Waals surface area contributed by atoms with Crippen molar-refractivity contribution >= 4 is 16.9 Å². The smallest absolute Gasteiger partial charge is 0.449 e.